The molecule has 0 bridgehead atoms. The van der Waals surface area contributed by atoms with E-state index in [4.69, 9.17) is 9.47 Å². The number of hydrogen-bond donors (Lipinski definition) is 2. The van der Waals surface area contributed by atoms with E-state index in [0.717, 1.165) is 5.56 Å². The maximum Gasteiger partial charge on any atom is 0.262 e. The van der Waals surface area contributed by atoms with Crippen LogP contribution in [0, 0.1) is 12.7 Å². The number of ether oxygens (including phenoxy) is 2. The third-order valence-electron chi connectivity index (χ3n) is 4.57. The van der Waals surface area contributed by atoms with Crippen LogP contribution in [0.15, 0.2) is 65.6 Å². The van der Waals surface area contributed by atoms with E-state index in [1.54, 1.807) is 13.0 Å². The van der Waals surface area contributed by atoms with Crippen LogP contribution in [0.5, 0.6) is 11.5 Å². The summed E-state index contributed by atoms with van der Waals surface area (Å²) in [6.07, 6.45) is 0. The quantitative estimate of drug-likeness (QED) is 0.624. The second-order valence-corrected chi connectivity index (χ2v) is 8.61. The number of anilines is 2. The van der Waals surface area contributed by atoms with Gasteiger partial charge in [-0.1, -0.05) is 12.1 Å². The Balaban J connectivity index is 1.53. The van der Waals surface area contributed by atoms with Gasteiger partial charge in [0.1, 0.15) is 19.0 Å². The first kappa shape index (κ1) is 20.7. The Bertz CT molecular complexity index is 1260. The first-order valence-electron chi connectivity index (χ1n) is 9.42. The molecule has 0 radical (unpaired) electrons. The smallest absolute Gasteiger partial charge is 0.262 e. The minimum atomic E-state index is -3.94. The Morgan fingerprint density at radius 2 is 1.74 bits per heavy atom. The monoisotopic (exact) mass is 442 g/mol. The molecule has 9 heteroatoms. The normalized spacial score (nSPS) is 12.8. The van der Waals surface area contributed by atoms with Gasteiger partial charge in [-0.25, -0.2) is 12.8 Å². The van der Waals surface area contributed by atoms with E-state index in [1.165, 1.54) is 54.6 Å². The summed E-state index contributed by atoms with van der Waals surface area (Å²) >= 11 is 0. The van der Waals surface area contributed by atoms with E-state index < -0.39 is 21.7 Å². The van der Waals surface area contributed by atoms with Crippen LogP contribution in [0.2, 0.25) is 0 Å². The van der Waals surface area contributed by atoms with Crippen molar-refractivity contribution in [2.75, 3.05) is 23.3 Å². The second kappa shape index (κ2) is 8.27. The summed E-state index contributed by atoms with van der Waals surface area (Å²) in [5.74, 6) is -0.290. The molecule has 0 saturated carbocycles. The maximum atomic E-state index is 14.0. The Hall–Kier alpha value is -3.59. The Morgan fingerprint density at radius 3 is 2.52 bits per heavy atom. The third kappa shape index (κ3) is 4.61. The molecular formula is C22H19FN2O5S. The molecule has 0 aliphatic carbocycles. The minimum Gasteiger partial charge on any atom is -0.486 e. The lowest BCUT2D eigenvalue weighted by molar-refractivity contribution is 0.102. The largest absolute Gasteiger partial charge is 0.486 e. The summed E-state index contributed by atoms with van der Waals surface area (Å²) in [6, 6.07) is 14.7. The fourth-order valence-corrected chi connectivity index (χ4v) is 4.11. The molecule has 3 aromatic carbocycles. The molecule has 1 heterocycles. The van der Waals surface area contributed by atoms with Crippen LogP contribution in [0.3, 0.4) is 0 Å². The van der Waals surface area contributed by atoms with Crippen LogP contribution in [0.1, 0.15) is 15.9 Å². The fraction of sp³-hybridized carbons (Fsp3) is 0.136. The molecule has 0 saturated heterocycles. The standard InChI is InChI=1S/C22H19FN2O5S/c1-14-5-7-19(18(23)11-14)24-22(26)15-3-2-4-16(12-15)25-31(27,28)17-6-8-20-21(13-17)30-10-9-29-20/h2-8,11-13,25H,9-10H2,1H3,(H,24,26). The third-order valence-corrected chi connectivity index (χ3v) is 5.95. The van der Waals surface area contributed by atoms with Gasteiger partial charge in [-0.15, -0.1) is 0 Å². The van der Waals surface area contributed by atoms with E-state index in [2.05, 4.69) is 10.0 Å². The van der Waals surface area contributed by atoms with E-state index in [-0.39, 0.29) is 21.8 Å². The first-order chi connectivity index (χ1) is 14.8. The zero-order chi connectivity index (χ0) is 22.0. The van der Waals surface area contributed by atoms with E-state index >= 15 is 0 Å². The Kier molecular flexibility index (Phi) is 5.51. The molecule has 0 unspecified atom stereocenters. The predicted octanol–water partition coefficient (Wildman–Crippen LogP) is 3.96. The van der Waals surface area contributed by atoms with E-state index in [1.807, 2.05) is 0 Å². The summed E-state index contributed by atoms with van der Waals surface area (Å²) in [6.45, 7) is 2.48. The molecule has 0 spiro atoms. The number of carbonyl (C=O) groups is 1. The highest BCUT2D eigenvalue weighted by atomic mass is 32.2. The number of benzene rings is 3. The van der Waals surface area contributed by atoms with Crippen LogP contribution in [0.25, 0.3) is 0 Å². The summed E-state index contributed by atoms with van der Waals surface area (Å²) < 4.78 is 52.8. The summed E-state index contributed by atoms with van der Waals surface area (Å²) in [7, 11) is -3.94. The molecule has 160 valence electrons. The van der Waals surface area contributed by atoms with Gasteiger partial charge in [0, 0.05) is 17.3 Å². The highest BCUT2D eigenvalue weighted by Crippen LogP contribution is 2.32. The zero-order valence-corrected chi connectivity index (χ0v) is 17.3. The molecule has 3 aromatic rings. The number of hydrogen-bond acceptors (Lipinski definition) is 5. The number of halogens is 1. The van der Waals surface area contributed by atoms with Gasteiger partial charge in [0.25, 0.3) is 15.9 Å². The van der Waals surface area contributed by atoms with Crippen LogP contribution < -0.4 is 19.5 Å². The average Bonchev–Trinajstić information content (AvgIpc) is 2.75. The lowest BCUT2D eigenvalue weighted by atomic mass is 10.1. The molecule has 0 aromatic heterocycles. The highest BCUT2D eigenvalue weighted by Gasteiger charge is 2.20. The molecule has 7 nitrogen and oxygen atoms in total. The second-order valence-electron chi connectivity index (χ2n) is 6.93. The molecule has 1 aliphatic rings. The van der Waals surface area contributed by atoms with Crippen molar-refractivity contribution in [3.05, 3.63) is 77.6 Å². The number of carbonyl (C=O) groups excluding carboxylic acids is 1. The molecule has 31 heavy (non-hydrogen) atoms. The fourth-order valence-electron chi connectivity index (χ4n) is 3.04. The van der Waals surface area contributed by atoms with Gasteiger partial charge >= 0.3 is 0 Å². The van der Waals surface area contributed by atoms with Crippen molar-refractivity contribution in [2.45, 2.75) is 11.8 Å². The van der Waals surface area contributed by atoms with Crippen LogP contribution in [-0.2, 0) is 10.0 Å². The number of fused-ring (bicyclic) bond motifs is 1. The number of aryl methyl sites for hydroxylation is 1. The van der Waals surface area contributed by atoms with E-state index in [0.29, 0.717) is 24.7 Å². The van der Waals surface area contributed by atoms with Crippen molar-refractivity contribution in [3.63, 3.8) is 0 Å². The molecule has 4 rings (SSSR count). The number of nitrogens with one attached hydrogen (secondary N) is 2. The Morgan fingerprint density at radius 1 is 0.968 bits per heavy atom. The average molecular weight is 442 g/mol. The topological polar surface area (TPSA) is 93.7 Å². The van der Waals surface area contributed by atoms with Crippen LogP contribution >= 0.6 is 0 Å². The van der Waals surface area contributed by atoms with Gasteiger partial charge in [-0.2, -0.15) is 0 Å². The van der Waals surface area contributed by atoms with Crippen molar-refractivity contribution in [1.29, 1.82) is 0 Å². The zero-order valence-electron chi connectivity index (χ0n) is 16.5. The van der Waals surface area contributed by atoms with E-state index in [9.17, 15) is 17.6 Å². The van der Waals surface area contributed by atoms with Gasteiger partial charge in [-0.3, -0.25) is 9.52 Å². The minimum absolute atomic E-state index is 0.00617. The lowest BCUT2D eigenvalue weighted by Gasteiger charge is -2.19. The molecular weight excluding hydrogens is 423 g/mol. The van der Waals surface area contributed by atoms with Gasteiger partial charge in [0.15, 0.2) is 11.5 Å². The lowest BCUT2D eigenvalue weighted by Crippen LogP contribution is -2.18. The van der Waals surface area contributed by atoms with Gasteiger partial charge < -0.3 is 14.8 Å². The summed E-state index contributed by atoms with van der Waals surface area (Å²) in [5, 5.41) is 2.49. The van der Waals surface area contributed by atoms with Crippen molar-refractivity contribution in [2.24, 2.45) is 0 Å². The van der Waals surface area contributed by atoms with Crippen LogP contribution in [0.4, 0.5) is 15.8 Å². The molecule has 0 atom stereocenters. The summed E-state index contributed by atoms with van der Waals surface area (Å²) in [4.78, 5) is 12.5. The van der Waals surface area contributed by atoms with Crippen molar-refractivity contribution in [1.82, 2.24) is 0 Å². The molecule has 1 amide bonds. The number of amides is 1. The van der Waals surface area contributed by atoms with Crippen molar-refractivity contribution in [3.8, 4) is 11.5 Å². The highest BCUT2D eigenvalue weighted by molar-refractivity contribution is 7.92. The number of rotatable bonds is 5. The van der Waals surface area contributed by atoms with Gasteiger partial charge in [0.05, 0.1) is 10.6 Å². The molecule has 2 N–H and O–H groups in total. The van der Waals surface area contributed by atoms with Crippen LogP contribution in [-0.4, -0.2) is 27.5 Å². The first-order valence-corrected chi connectivity index (χ1v) is 10.9. The molecule has 0 fully saturated rings. The van der Waals surface area contributed by atoms with Gasteiger partial charge in [-0.05, 0) is 55.0 Å². The van der Waals surface area contributed by atoms with Crippen molar-refractivity contribution < 1.29 is 27.1 Å². The summed E-state index contributed by atoms with van der Waals surface area (Å²) in [5.41, 5.74) is 1.12. The maximum absolute atomic E-state index is 14.0. The van der Waals surface area contributed by atoms with Gasteiger partial charge in [0.2, 0.25) is 0 Å². The van der Waals surface area contributed by atoms with Crippen molar-refractivity contribution >= 4 is 27.3 Å². The molecule has 1 aliphatic heterocycles. The number of sulfonamides is 1. The SMILES string of the molecule is Cc1ccc(NC(=O)c2cccc(NS(=O)(=O)c3ccc4c(c3)OCCO4)c2)c(F)c1. The predicted molar refractivity (Wildman–Crippen MR) is 114 cm³/mol. The Labute approximate surface area is 178 Å².